The highest BCUT2D eigenvalue weighted by Crippen LogP contribution is 2.28. The molecule has 1 saturated heterocycles. The maximum absolute atomic E-state index is 15.0. The Kier molecular flexibility index (Phi) is 7.16. The number of anilines is 1. The van der Waals surface area contributed by atoms with Gasteiger partial charge in [0.15, 0.2) is 0 Å². The highest BCUT2D eigenvalue weighted by molar-refractivity contribution is 7.89. The van der Waals surface area contributed by atoms with E-state index < -0.39 is 33.8 Å². The van der Waals surface area contributed by atoms with E-state index in [2.05, 4.69) is 4.72 Å². The van der Waals surface area contributed by atoms with Gasteiger partial charge in [-0.2, -0.15) is 4.72 Å². The molecule has 10 heteroatoms. The van der Waals surface area contributed by atoms with Crippen molar-refractivity contribution in [3.63, 3.8) is 0 Å². The van der Waals surface area contributed by atoms with E-state index in [4.69, 9.17) is 16.3 Å². The molecule has 194 valence electrons. The van der Waals surface area contributed by atoms with Gasteiger partial charge in [0.1, 0.15) is 18.5 Å². The second-order valence-corrected chi connectivity index (χ2v) is 11.0. The lowest BCUT2D eigenvalue weighted by atomic mass is 10.1. The lowest BCUT2D eigenvalue weighted by Crippen LogP contribution is -2.41. The summed E-state index contributed by atoms with van der Waals surface area (Å²) in [5.41, 5.74) is 0.754. The first-order valence-electron chi connectivity index (χ1n) is 11.7. The number of halogens is 2. The van der Waals surface area contributed by atoms with E-state index in [1.54, 1.807) is 36.4 Å². The summed E-state index contributed by atoms with van der Waals surface area (Å²) in [7, 11) is -4.03. The van der Waals surface area contributed by atoms with E-state index in [-0.39, 0.29) is 35.7 Å². The molecule has 1 unspecified atom stereocenters. The summed E-state index contributed by atoms with van der Waals surface area (Å²) in [6.45, 7) is 0.150. The molecule has 1 aliphatic heterocycles. The predicted molar refractivity (Wildman–Crippen MR) is 142 cm³/mol. The Balaban J connectivity index is 1.27. The largest absolute Gasteiger partial charge is 0.457 e. The van der Waals surface area contributed by atoms with Crippen molar-refractivity contribution in [2.75, 3.05) is 11.4 Å². The van der Waals surface area contributed by atoms with Crippen LogP contribution < -0.4 is 9.62 Å². The molecule has 1 atom stereocenters. The number of carbonyl (C=O) groups excluding carboxylic acids is 2. The number of amides is 1. The predicted octanol–water partition coefficient (Wildman–Crippen LogP) is 5.07. The molecule has 0 aromatic heterocycles. The Morgan fingerprint density at radius 3 is 2.50 bits per heavy atom. The van der Waals surface area contributed by atoms with Gasteiger partial charge in [-0.15, -0.1) is 0 Å². The van der Waals surface area contributed by atoms with Crippen molar-refractivity contribution in [3.8, 4) is 0 Å². The van der Waals surface area contributed by atoms with E-state index in [0.29, 0.717) is 10.4 Å². The Hall–Kier alpha value is -3.79. The first kappa shape index (κ1) is 25.8. The van der Waals surface area contributed by atoms with Crippen LogP contribution in [0, 0.1) is 5.82 Å². The van der Waals surface area contributed by atoms with E-state index >= 15 is 0 Å². The summed E-state index contributed by atoms with van der Waals surface area (Å²) in [5.74, 6) is -2.07. The average Bonchev–Trinajstić information content (AvgIpc) is 3.26. The zero-order valence-corrected chi connectivity index (χ0v) is 21.5. The molecule has 4 aromatic rings. The van der Waals surface area contributed by atoms with Crippen molar-refractivity contribution in [1.29, 1.82) is 0 Å². The lowest BCUT2D eigenvalue weighted by Gasteiger charge is -2.18. The molecule has 38 heavy (non-hydrogen) atoms. The minimum absolute atomic E-state index is 0.00289. The maximum Gasteiger partial charge on any atom is 0.338 e. The van der Waals surface area contributed by atoms with Crippen LogP contribution >= 0.6 is 11.6 Å². The molecule has 1 amide bonds. The fraction of sp³-hybridized carbons (Fsp3) is 0.143. The van der Waals surface area contributed by atoms with Crippen LogP contribution in [0.25, 0.3) is 10.8 Å². The van der Waals surface area contributed by atoms with Crippen molar-refractivity contribution in [2.45, 2.75) is 24.0 Å². The number of rotatable bonds is 7. The Bertz CT molecular complexity index is 1650. The van der Waals surface area contributed by atoms with Gasteiger partial charge in [0.05, 0.1) is 16.1 Å². The Morgan fingerprint density at radius 1 is 1.00 bits per heavy atom. The normalized spacial score (nSPS) is 15.7. The van der Waals surface area contributed by atoms with Crippen molar-refractivity contribution in [3.05, 3.63) is 107 Å². The summed E-state index contributed by atoms with van der Waals surface area (Å²) in [4.78, 5) is 26.6. The number of hydrogen-bond acceptors (Lipinski definition) is 5. The molecule has 1 fully saturated rings. The number of nitrogens with zero attached hydrogens (tertiary/aromatic N) is 1. The highest BCUT2D eigenvalue weighted by Gasteiger charge is 2.37. The zero-order chi connectivity index (χ0) is 26.9. The number of benzene rings is 4. The van der Waals surface area contributed by atoms with Crippen LogP contribution in [-0.4, -0.2) is 32.9 Å². The molecule has 5 rings (SSSR count). The molecule has 0 saturated carbocycles. The second kappa shape index (κ2) is 10.5. The van der Waals surface area contributed by atoms with Crippen molar-refractivity contribution >= 4 is 50.0 Å². The molecule has 4 aromatic carbocycles. The number of hydrogen-bond donors (Lipinski definition) is 1. The molecule has 1 heterocycles. The minimum atomic E-state index is -4.03. The van der Waals surface area contributed by atoms with Crippen molar-refractivity contribution < 1.29 is 27.1 Å². The molecule has 1 N–H and O–H groups in total. The highest BCUT2D eigenvalue weighted by atomic mass is 35.5. The summed E-state index contributed by atoms with van der Waals surface area (Å²) in [6.07, 6.45) is 0.154. The van der Waals surface area contributed by atoms with Crippen LogP contribution in [0.2, 0.25) is 5.02 Å². The van der Waals surface area contributed by atoms with Gasteiger partial charge in [-0.25, -0.2) is 17.6 Å². The number of nitrogens with one attached hydrogen (secondary N) is 1. The van der Waals surface area contributed by atoms with Crippen LogP contribution in [0.15, 0.2) is 89.8 Å². The molecule has 0 aliphatic carbocycles. The molecular formula is C28H22ClFN2O5S. The second-order valence-electron chi connectivity index (χ2n) is 8.83. The van der Waals surface area contributed by atoms with Gasteiger partial charge in [0, 0.05) is 11.6 Å². The molecular weight excluding hydrogens is 531 g/mol. The number of ether oxygens (including phenoxy) is 1. The first-order valence-corrected chi connectivity index (χ1v) is 13.6. The van der Waals surface area contributed by atoms with Gasteiger partial charge in [0.25, 0.3) is 0 Å². The number of esters is 1. The average molecular weight is 553 g/mol. The van der Waals surface area contributed by atoms with Crippen LogP contribution in [-0.2, 0) is 26.2 Å². The van der Waals surface area contributed by atoms with Crippen LogP contribution in [0.3, 0.4) is 0 Å². The monoisotopic (exact) mass is 552 g/mol. The van der Waals surface area contributed by atoms with Gasteiger partial charge in [-0.05, 0) is 65.2 Å². The van der Waals surface area contributed by atoms with E-state index in [9.17, 15) is 22.4 Å². The molecule has 0 radical (unpaired) electrons. The minimum Gasteiger partial charge on any atom is -0.457 e. The molecule has 1 aliphatic rings. The van der Waals surface area contributed by atoms with Gasteiger partial charge >= 0.3 is 5.97 Å². The van der Waals surface area contributed by atoms with E-state index in [0.717, 1.165) is 17.0 Å². The summed E-state index contributed by atoms with van der Waals surface area (Å²) < 4.78 is 48.6. The van der Waals surface area contributed by atoms with Gasteiger partial charge in [0.2, 0.25) is 15.9 Å². The van der Waals surface area contributed by atoms with Gasteiger partial charge in [-0.1, -0.05) is 54.1 Å². The van der Waals surface area contributed by atoms with Crippen LogP contribution in [0.5, 0.6) is 0 Å². The Morgan fingerprint density at radius 2 is 1.74 bits per heavy atom. The van der Waals surface area contributed by atoms with Crippen molar-refractivity contribution in [1.82, 2.24) is 4.72 Å². The summed E-state index contributed by atoms with van der Waals surface area (Å²) in [6, 6.07) is 21.4. The summed E-state index contributed by atoms with van der Waals surface area (Å²) >= 11 is 5.99. The number of fused-ring (bicyclic) bond motifs is 1. The molecule has 7 nitrogen and oxygen atoms in total. The third-order valence-corrected chi connectivity index (χ3v) is 7.98. The third-order valence-electron chi connectivity index (χ3n) is 6.27. The number of carbonyl (C=O) groups is 2. The number of sulfonamides is 1. The Labute approximate surface area is 223 Å². The van der Waals surface area contributed by atoms with E-state index in [1.165, 1.54) is 29.2 Å². The first-order chi connectivity index (χ1) is 18.2. The zero-order valence-electron chi connectivity index (χ0n) is 19.9. The maximum atomic E-state index is 15.0. The van der Waals surface area contributed by atoms with Crippen LogP contribution in [0.1, 0.15) is 22.3 Å². The van der Waals surface area contributed by atoms with Crippen molar-refractivity contribution in [2.24, 2.45) is 0 Å². The fourth-order valence-electron chi connectivity index (χ4n) is 4.30. The summed E-state index contributed by atoms with van der Waals surface area (Å²) in [5, 5.41) is 2.00. The van der Waals surface area contributed by atoms with Crippen LogP contribution in [0.4, 0.5) is 10.1 Å². The third kappa shape index (κ3) is 5.40. The smallest absolute Gasteiger partial charge is 0.338 e. The SMILES string of the molecule is O=C(OCc1ccccc1)c1ccc(N2CCC(NS(=O)(=O)c3ccc4cc(Cl)ccc4c3)C2=O)c(F)c1. The van der Waals surface area contributed by atoms with Gasteiger partial charge < -0.3 is 9.64 Å². The quantitative estimate of drug-likeness (QED) is 0.323. The van der Waals surface area contributed by atoms with E-state index in [1.807, 2.05) is 18.2 Å². The fourth-order valence-corrected chi connectivity index (χ4v) is 5.74. The molecule has 0 bridgehead atoms. The molecule has 0 spiro atoms. The lowest BCUT2D eigenvalue weighted by molar-refractivity contribution is -0.118. The van der Waals surface area contributed by atoms with Gasteiger partial charge in [-0.3, -0.25) is 4.79 Å². The topological polar surface area (TPSA) is 92.8 Å². The standard InChI is InChI=1S/C28H22ClFN2O5S/c29-22-9-6-20-15-23(10-7-19(20)14-22)38(35,36)31-25-12-13-32(27(25)33)26-11-8-21(16-24(26)30)28(34)37-17-18-4-2-1-3-5-18/h1-11,14-16,25,31H,12-13,17H2.